The quantitative estimate of drug-likeness (QED) is 0.0810. The number of benzene rings is 2. The number of carbonyl (C=O) groups excluding carboxylic acids is 2. The van der Waals surface area contributed by atoms with Crippen LogP contribution in [0.2, 0.25) is 0 Å². The molecule has 0 N–H and O–H groups in total. The molecule has 0 saturated carbocycles. The lowest BCUT2D eigenvalue weighted by Gasteiger charge is -2.09. The number of nitrogens with zero attached hydrogens (tertiary/aromatic N) is 2. The molecular weight excluding hydrogens is 866 g/mol. The fourth-order valence-corrected chi connectivity index (χ4v) is 6.86. The lowest BCUT2D eigenvalue weighted by atomic mass is 10.1. The number of unbranched alkanes of at least 4 members (excludes halogenated alkanes) is 8. The minimum atomic E-state index is -0.243. The number of hydrogen-bond donors (Lipinski definition) is 0. The van der Waals surface area contributed by atoms with Crippen molar-refractivity contribution in [2.75, 3.05) is 0 Å². The fourth-order valence-electron chi connectivity index (χ4n) is 3.52. The van der Waals surface area contributed by atoms with Gasteiger partial charge >= 0.3 is 11.9 Å². The third kappa shape index (κ3) is 14.6. The minimum Gasteiger partial charge on any atom is -0.424 e. The van der Waals surface area contributed by atoms with E-state index in [4.69, 9.17) is 20.0 Å². The van der Waals surface area contributed by atoms with Crippen molar-refractivity contribution in [3.8, 4) is 23.6 Å². The van der Waals surface area contributed by atoms with E-state index in [9.17, 15) is 9.59 Å². The second kappa shape index (κ2) is 21.5. The molecule has 6 nitrogen and oxygen atoms in total. The lowest BCUT2D eigenvalue weighted by Crippen LogP contribution is -2.09. The van der Waals surface area contributed by atoms with Crippen molar-refractivity contribution in [1.82, 2.24) is 0 Å². The molecule has 0 aromatic heterocycles. The second-order valence-electron chi connectivity index (χ2n) is 9.04. The monoisotopic (exact) mass is 898 g/mol. The van der Waals surface area contributed by atoms with Crippen molar-refractivity contribution < 1.29 is 19.1 Å². The van der Waals surface area contributed by atoms with Crippen molar-refractivity contribution in [1.29, 1.82) is 10.5 Å². The first-order valence-corrected chi connectivity index (χ1v) is 17.1. The molecule has 0 spiro atoms. The highest BCUT2D eigenvalue weighted by Crippen LogP contribution is 2.35. The van der Waals surface area contributed by atoms with Crippen molar-refractivity contribution >= 4 is 89.0 Å². The summed E-state index contributed by atoms with van der Waals surface area (Å²) in [5, 5.41) is 17.7. The number of nitriles is 2. The zero-order chi connectivity index (χ0) is 29.9. The van der Waals surface area contributed by atoms with Gasteiger partial charge in [0.15, 0.2) is 11.5 Å². The lowest BCUT2D eigenvalue weighted by molar-refractivity contribution is -0.135. The third-order valence-corrected chi connectivity index (χ3v) is 8.44. The number of halogens is 4. The van der Waals surface area contributed by atoms with Crippen LogP contribution in [0.5, 0.6) is 11.5 Å². The Labute approximate surface area is 282 Å². The van der Waals surface area contributed by atoms with Crippen LogP contribution in [0.15, 0.2) is 33.2 Å². The SMILES string of the molecule is CCCCCCCC(=O)Oc1c(Br)cc(C#N)cc1Br.CCCCCCCC(=O)Oc1c(I)cc(C#N)cc1I. The number of ether oxygens (including phenoxy) is 2. The smallest absolute Gasteiger partial charge is 0.311 e. The van der Waals surface area contributed by atoms with Crippen LogP contribution in [0.3, 0.4) is 0 Å². The van der Waals surface area contributed by atoms with Gasteiger partial charge in [-0.05, 0) is 114 Å². The van der Waals surface area contributed by atoms with E-state index in [1.165, 1.54) is 32.1 Å². The third-order valence-electron chi connectivity index (χ3n) is 5.66. The Bertz CT molecular complexity index is 1070. The number of rotatable bonds is 14. The number of esters is 2. The van der Waals surface area contributed by atoms with E-state index in [1.807, 2.05) is 6.07 Å². The van der Waals surface area contributed by atoms with E-state index < -0.39 is 0 Å². The van der Waals surface area contributed by atoms with Crippen LogP contribution in [-0.2, 0) is 9.59 Å². The molecule has 0 saturated heterocycles. The van der Waals surface area contributed by atoms with Crippen LogP contribution in [0.25, 0.3) is 0 Å². The Balaban J connectivity index is 0.000000400. The molecule has 0 heterocycles. The molecule has 0 atom stereocenters. The maximum atomic E-state index is 11.8. The molecule has 216 valence electrons. The van der Waals surface area contributed by atoms with Crippen molar-refractivity contribution in [3.05, 3.63) is 51.5 Å². The summed E-state index contributed by atoms with van der Waals surface area (Å²) in [6, 6.07) is 10.9. The van der Waals surface area contributed by atoms with Gasteiger partial charge in [0.1, 0.15) is 0 Å². The Kier molecular flexibility index (Phi) is 19.8. The minimum absolute atomic E-state index is 0.193. The van der Waals surface area contributed by atoms with E-state index in [-0.39, 0.29) is 11.9 Å². The first-order chi connectivity index (χ1) is 19.2. The molecule has 0 amide bonds. The molecule has 2 aromatic rings. The largest absolute Gasteiger partial charge is 0.424 e. The van der Waals surface area contributed by atoms with Crippen LogP contribution in [0.4, 0.5) is 0 Å². The first-order valence-electron chi connectivity index (χ1n) is 13.4. The van der Waals surface area contributed by atoms with Gasteiger partial charge in [0.25, 0.3) is 0 Å². The van der Waals surface area contributed by atoms with Gasteiger partial charge in [-0.1, -0.05) is 65.2 Å². The zero-order valence-electron chi connectivity index (χ0n) is 22.8. The Morgan fingerprint density at radius 2 is 1.05 bits per heavy atom. The molecular formula is C30H34Br2I2N2O4. The van der Waals surface area contributed by atoms with Gasteiger partial charge in [-0.3, -0.25) is 9.59 Å². The first kappa shape index (κ1) is 36.8. The molecule has 0 aliphatic heterocycles. The summed E-state index contributed by atoms with van der Waals surface area (Å²) in [6.07, 6.45) is 11.9. The molecule has 0 unspecified atom stereocenters. The molecule has 40 heavy (non-hydrogen) atoms. The number of hydrogen-bond acceptors (Lipinski definition) is 6. The molecule has 2 rings (SSSR count). The van der Waals surface area contributed by atoms with Crippen molar-refractivity contribution in [2.45, 2.75) is 90.9 Å². The molecule has 0 aliphatic rings. The maximum Gasteiger partial charge on any atom is 0.311 e. The summed E-state index contributed by atoms with van der Waals surface area (Å²) in [4.78, 5) is 23.6. The molecule has 0 radical (unpaired) electrons. The second-order valence-corrected chi connectivity index (χ2v) is 13.1. The van der Waals surface area contributed by atoms with E-state index in [0.717, 1.165) is 39.2 Å². The van der Waals surface area contributed by atoms with Crippen LogP contribution >= 0.6 is 77.0 Å². The number of carbonyl (C=O) groups is 2. The normalized spacial score (nSPS) is 10.1. The highest BCUT2D eigenvalue weighted by atomic mass is 127. The van der Waals surface area contributed by atoms with E-state index >= 15 is 0 Å². The predicted octanol–water partition coefficient (Wildman–Crippen LogP) is 10.4. The standard InChI is InChI=1S/C15H17Br2NO2.C15H17I2NO2/c2*1-2-3-4-5-6-7-14(19)20-15-12(16)8-11(10-18)9-13(15)17/h2*8-9H,2-7H2,1H3. The molecule has 0 aliphatic carbocycles. The zero-order valence-corrected chi connectivity index (χ0v) is 30.3. The van der Waals surface area contributed by atoms with Crippen LogP contribution < -0.4 is 9.47 Å². The maximum absolute atomic E-state index is 11.8. The summed E-state index contributed by atoms with van der Waals surface area (Å²) in [6.45, 7) is 4.33. The predicted molar refractivity (Wildman–Crippen MR) is 181 cm³/mol. The van der Waals surface area contributed by atoms with Gasteiger partial charge in [0.2, 0.25) is 0 Å². The highest BCUT2D eigenvalue weighted by molar-refractivity contribution is 14.1. The summed E-state index contributed by atoms with van der Waals surface area (Å²) >= 11 is 10.8. The van der Waals surface area contributed by atoms with Crippen LogP contribution in [0, 0.1) is 29.8 Å². The van der Waals surface area contributed by atoms with E-state index in [1.54, 1.807) is 24.3 Å². The van der Waals surface area contributed by atoms with Crippen molar-refractivity contribution in [3.63, 3.8) is 0 Å². The van der Waals surface area contributed by atoms with Gasteiger partial charge in [-0.25, -0.2) is 0 Å². The Morgan fingerprint density at radius 1 is 0.675 bits per heavy atom. The summed E-state index contributed by atoms with van der Waals surface area (Å²) in [7, 11) is 0. The highest BCUT2D eigenvalue weighted by Gasteiger charge is 2.14. The summed E-state index contributed by atoms with van der Waals surface area (Å²) < 4.78 is 13.6. The van der Waals surface area contributed by atoms with Gasteiger partial charge in [0.05, 0.1) is 39.4 Å². The molecule has 0 bridgehead atoms. The van der Waals surface area contributed by atoms with E-state index in [0.29, 0.717) is 44.4 Å². The van der Waals surface area contributed by atoms with Crippen LogP contribution in [-0.4, -0.2) is 11.9 Å². The van der Waals surface area contributed by atoms with Gasteiger partial charge in [0, 0.05) is 12.8 Å². The van der Waals surface area contributed by atoms with Gasteiger partial charge in [-0.15, -0.1) is 0 Å². The average Bonchev–Trinajstić information content (AvgIpc) is 2.92. The molecule has 2 aromatic carbocycles. The average molecular weight is 900 g/mol. The summed E-state index contributed by atoms with van der Waals surface area (Å²) in [5.41, 5.74) is 1.08. The topological polar surface area (TPSA) is 100 Å². The fraction of sp³-hybridized carbons (Fsp3) is 0.467. The van der Waals surface area contributed by atoms with Crippen molar-refractivity contribution in [2.24, 2.45) is 0 Å². The summed E-state index contributed by atoms with van der Waals surface area (Å²) in [5.74, 6) is 0.570. The van der Waals surface area contributed by atoms with E-state index in [2.05, 4.69) is 97.0 Å². The van der Waals surface area contributed by atoms with Gasteiger partial charge in [-0.2, -0.15) is 10.5 Å². The molecule has 0 fully saturated rings. The Morgan fingerprint density at radius 3 is 1.45 bits per heavy atom. The van der Waals surface area contributed by atoms with Gasteiger partial charge < -0.3 is 9.47 Å². The molecule has 10 heteroatoms. The Hall–Kier alpha value is -1.22. The van der Waals surface area contributed by atoms with Crippen LogP contribution in [0.1, 0.15) is 102 Å².